The number of aromatic nitrogens is 1. The van der Waals surface area contributed by atoms with Gasteiger partial charge in [-0.05, 0) is 30.3 Å². The van der Waals surface area contributed by atoms with Crippen molar-refractivity contribution in [3.63, 3.8) is 0 Å². The Kier molecular flexibility index (Phi) is 3.09. The van der Waals surface area contributed by atoms with E-state index < -0.39 is 5.97 Å². The zero-order valence-corrected chi connectivity index (χ0v) is 12.4. The predicted molar refractivity (Wildman–Crippen MR) is 88.9 cm³/mol. The molecule has 24 heavy (non-hydrogen) atoms. The number of ether oxygens (including phenoxy) is 1. The van der Waals surface area contributed by atoms with Crippen LogP contribution in [0.15, 0.2) is 54.4 Å². The van der Waals surface area contributed by atoms with E-state index in [4.69, 9.17) is 9.84 Å². The highest BCUT2D eigenvalue weighted by Crippen LogP contribution is 2.31. The lowest BCUT2D eigenvalue weighted by Gasteiger charge is -2.19. The second kappa shape index (κ2) is 5.27. The fraction of sp³-hybridized carbons (Fsp3) is 0. The van der Waals surface area contributed by atoms with Crippen LogP contribution in [0, 0.1) is 0 Å². The number of carboxylic acids is 1. The van der Waals surface area contributed by atoms with Crippen LogP contribution in [0.2, 0.25) is 0 Å². The van der Waals surface area contributed by atoms with E-state index in [0.717, 1.165) is 10.9 Å². The Labute approximate surface area is 136 Å². The molecule has 1 amide bonds. The molecule has 2 heterocycles. The van der Waals surface area contributed by atoms with E-state index in [-0.39, 0.29) is 17.2 Å². The summed E-state index contributed by atoms with van der Waals surface area (Å²) in [5.41, 5.74) is 2.25. The summed E-state index contributed by atoms with van der Waals surface area (Å²) in [7, 11) is 0. The molecule has 1 aliphatic heterocycles. The number of aromatic carboxylic acids is 1. The molecule has 0 spiro atoms. The number of hydrogen-bond donors (Lipinski definition) is 3. The van der Waals surface area contributed by atoms with Crippen LogP contribution in [0.1, 0.15) is 15.9 Å². The van der Waals surface area contributed by atoms with Gasteiger partial charge in [0.05, 0.1) is 11.3 Å². The number of amides is 1. The number of fused-ring (bicyclic) bond motifs is 2. The number of hydrogen-bond acceptors (Lipinski definition) is 3. The van der Waals surface area contributed by atoms with Crippen LogP contribution in [0.4, 0.5) is 5.69 Å². The number of carbonyl (C=O) groups is 2. The first-order chi connectivity index (χ1) is 11.6. The Morgan fingerprint density at radius 3 is 2.83 bits per heavy atom. The van der Waals surface area contributed by atoms with Gasteiger partial charge in [0, 0.05) is 22.7 Å². The lowest BCUT2D eigenvalue weighted by molar-refractivity contribution is -0.115. The third kappa shape index (κ3) is 2.30. The van der Waals surface area contributed by atoms with Crippen LogP contribution < -0.4 is 10.1 Å². The Morgan fingerprint density at radius 1 is 1.17 bits per heavy atom. The van der Waals surface area contributed by atoms with E-state index in [2.05, 4.69) is 10.3 Å². The molecule has 6 heteroatoms. The van der Waals surface area contributed by atoms with E-state index in [9.17, 15) is 9.59 Å². The second-order valence-electron chi connectivity index (χ2n) is 5.37. The quantitative estimate of drug-likeness (QED) is 0.632. The zero-order chi connectivity index (χ0) is 16.7. The third-order valence-corrected chi connectivity index (χ3v) is 3.83. The Morgan fingerprint density at radius 2 is 2.00 bits per heavy atom. The standard InChI is InChI=1S/C18H12N2O4/c21-17-16(24-15-4-2-1-3-13(15)20-17)8-11-9-19-14-7-10(18(22)23)5-6-12(11)14/h1-9,19H,(H,20,21)(H,22,23). The number of rotatable bonds is 2. The highest BCUT2D eigenvalue weighted by atomic mass is 16.5. The van der Waals surface area contributed by atoms with E-state index in [1.165, 1.54) is 6.07 Å². The van der Waals surface area contributed by atoms with E-state index in [1.807, 2.05) is 12.1 Å². The Balaban J connectivity index is 1.75. The molecule has 1 aromatic heterocycles. The molecule has 0 fully saturated rings. The van der Waals surface area contributed by atoms with Gasteiger partial charge in [-0.25, -0.2) is 4.79 Å². The zero-order valence-electron chi connectivity index (χ0n) is 12.4. The largest absolute Gasteiger partial charge is 0.478 e. The minimum atomic E-state index is -0.988. The van der Waals surface area contributed by atoms with Crippen molar-refractivity contribution in [3.8, 4) is 5.75 Å². The maximum Gasteiger partial charge on any atom is 0.335 e. The van der Waals surface area contributed by atoms with Gasteiger partial charge in [-0.2, -0.15) is 0 Å². The molecule has 6 nitrogen and oxygen atoms in total. The van der Waals surface area contributed by atoms with Crippen molar-refractivity contribution < 1.29 is 19.4 Å². The number of carboxylic acid groups (broad SMARTS) is 1. The number of carbonyl (C=O) groups excluding carboxylic acids is 1. The maximum absolute atomic E-state index is 12.2. The van der Waals surface area contributed by atoms with Crippen molar-refractivity contribution in [1.82, 2.24) is 4.98 Å². The molecule has 0 bridgehead atoms. The summed E-state index contributed by atoms with van der Waals surface area (Å²) in [5, 5.41) is 12.6. The molecule has 0 atom stereocenters. The number of benzene rings is 2. The molecular formula is C18H12N2O4. The first-order valence-corrected chi connectivity index (χ1v) is 7.26. The van der Waals surface area contributed by atoms with Crippen LogP contribution >= 0.6 is 0 Å². The summed E-state index contributed by atoms with van der Waals surface area (Å²) in [4.78, 5) is 26.2. The van der Waals surface area contributed by atoms with Gasteiger partial charge < -0.3 is 20.1 Å². The van der Waals surface area contributed by atoms with E-state index in [0.29, 0.717) is 17.0 Å². The van der Waals surface area contributed by atoms with Crippen LogP contribution in [-0.4, -0.2) is 22.0 Å². The molecule has 0 saturated carbocycles. The van der Waals surface area contributed by atoms with Crippen molar-refractivity contribution in [3.05, 3.63) is 65.5 Å². The fourth-order valence-electron chi connectivity index (χ4n) is 2.64. The van der Waals surface area contributed by atoms with Crippen LogP contribution in [-0.2, 0) is 4.79 Å². The predicted octanol–water partition coefficient (Wildman–Crippen LogP) is 3.24. The molecule has 118 valence electrons. The molecule has 0 radical (unpaired) electrons. The maximum atomic E-state index is 12.2. The average molecular weight is 320 g/mol. The smallest absolute Gasteiger partial charge is 0.335 e. The number of para-hydroxylation sites is 2. The van der Waals surface area contributed by atoms with E-state index in [1.54, 1.807) is 36.5 Å². The Bertz CT molecular complexity index is 1020. The summed E-state index contributed by atoms with van der Waals surface area (Å²) in [5.74, 6) is -0.559. The second-order valence-corrected chi connectivity index (χ2v) is 5.37. The van der Waals surface area contributed by atoms with Crippen molar-refractivity contribution >= 4 is 34.5 Å². The first-order valence-electron chi connectivity index (χ1n) is 7.26. The van der Waals surface area contributed by atoms with Gasteiger partial charge in [-0.15, -0.1) is 0 Å². The number of aromatic amines is 1. The van der Waals surface area contributed by atoms with E-state index >= 15 is 0 Å². The van der Waals surface area contributed by atoms with Gasteiger partial charge in [-0.1, -0.05) is 18.2 Å². The normalized spacial score (nSPS) is 15.0. The van der Waals surface area contributed by atoms with Gasteiger partial charge >= 0.3 is 5.97 Å². The lowest BCUT2D eigenvalue weighted by atomic mass is 10.1. The SMILES string of the molecule is O=C1Nc2ccccc2OC1=Cc1c[nH]c2cc(C(=O)O)ccc12. The summed E-state index contributed by atoms with van der Waals surface area (Å²) in [6.07, 6.45) is 3.34. The summed E-state index contributed by atoms with van der Waals surface area (Å²) < 4.78 is 5.67. The molecule has 3 N–H and O–H groups in total. The molecule has 2 aromatic carbocycles. The fourth-order valence-corrected chi connectivity index (χ4v) is 2.64. The third-order valence-electron chi connectivity index (χ3n) is 3.83. The summed E-state index contributed by atoms with van der Waals surface area (Å²) in [6, 6.07) is 12.0. The minimum Gasteiger partial charge on any atom is -0.478 e. The van der Waals surface area contributed by atoms with Gasteiger partial charge in [0.15, 0.2) is 11.5 Å². The summed E-state index contributed by atoms with van der Waals surface area (Å²) >= 11 is 0. The summed E-state index contributed by atoms with van der Waals surface area (Å²) in [6.45, 7) is 0. The van der Waals surface area contributed by atoms with Crippen molar-refractivity contribution in [2.75, 3.05) is 5.32 Å². The van der Waals surface area contributed by atoms with Gasteiger partial charge in [0.2, 0.25) is 0 Å². The number of nitrogens with one attached hydrogen (secondary N) is 2. The highest BCUT2D eigenvalue weighted by Gasteiger charge is 2.22. The lowest BCUT2D eigenvalue weighted by Crippen LogP contribution is -2.23. The monoisotopic (exact) mass is 320 g/mol. The molecule has 3 aromatic rings. The highest BCUT2D eigenvalue weighted by molar-refractivity contribution is 6.09. The number of anilines is 1. The van der Waals surface area contributed by atoms with Crippen molar-refractivity contribution in [2.45, 2.75) is 0 Å². The van der Waals surface area contributed by atoms with Crippen molar-refractivity contribution in [2.24, 2.45) is 0 Å². The molecular weight excluding hydrogens is 308 g/mol. The van der Waals surface area contributed by atoms with Gasteiger partial charge in [-0.3, -0.25) is 4.79 Å². The van der Waals surface area contributed by atoms with Gasteiger partial charge in [0.25, 0.3) is 5.91 Å². The Hall–Kier alpha value is -3.54. The first kappa shape index (κ1) is 14.1. The molecule has 4 rings (SSSR count). The number of H-pyrrole nitrogens is 1. The topological polar surface area (TPSA) is 91.4 Å². The minimum absolute atomic E-state index is 0.178. The van der Waals surface area contributed by atoms with Crippen LogP contribution in [0.5, 0.6) is 5.75 Å². The van der Waals surface area contributed by atoms with Gasteiger partial charge in [0.1, 0.15) is 0 Å². The molecule has 0 saturated heterocycles. The molecule has 0 unspecified atom stereocenters. The molecule has 0 aliphatic carbocycles. The van der Waals surface area contributed by atoms with Crippen LogP contribution in [0.3, 0.4) is 0 Å². The molecule has 1 aliphatic rings. The van der Waals surface area contributed by atoms with Crippen LogP contribution in [0.25, 0.3) is 17.0 Å². The average Bonchev–Trinajstić information content (AvgIpc) is 2.97. The van der Waals surface area contributed by atoms with Crippen molar-refractivity contribution in [1.29, 1.82) is 0 Å².